The summed E-state index contributed by atoms with van der Waals surface area (Å²) in [5, 5.41) is 0. The molecule has 0 N–H and O–H groups in total. The van der Waals surface area contributed by atoms with Crippen LogP contribution in [-0.4, -0.2) is 19.5 Å². The number of ether oxygens (including phenoxy) is 2. The number of ketones is 1. The van der Waals surface area contributed by atoms with Gasteiger partial charge in [0.1, 0.15) is 11.5 Å². The highest BCUT2D eigenvalue weighted by atomic mass is 16.5. The van der Waals surface area contributed by atoms with Gasteiger partial charge in [0.2, 0.25) is 0 Å². The van der Waals surface area contributed by atoms with Crippen LogP contribution in [0, 0.1) is 5.41 Å². The lowest BCUT2D eigenvalue weighted by Gasteiger charge is -2.18. The maximum atomic E-state index is 12.4. The monoisotopic (exact) mass is 334 g/mol. The van der Waals surface area contributed by atoms with Crippen LogP contribution in [0.2, 0.25) is 0 Å². The van der Waals surface area contributed by atoms with Crippen molar-refractivity contribution in [2.75, 3.05) is 13.7 Å². The Kier molecular flexibility index (Phi) is 4.75. The second-order valence-corrected chi connectivity index (χ2v) is 6.80. The fourth-order valence-corrected chi connectivity index (χ4v) is 2.79. The number of methoxy groups -OCH3 is 1. The van der Waals surface area contributed by atoms with E-state index in [-0.39, 0.29) is 11.2 Å². The SMILES string of the molecule is COc1ccc2c(c1)C(/C=C/C(=O)c1ccccc1)=CC(C)(C)CO2. The third-order valence-corrected chi connectivity index (χ3v) is 4.12. The van der Waals surface area contributed by atoms with Crippen LogP contribution in [-0.2, 0) is 0 Å². The van der Waals surface area contributed by atoms with Crippen LogP contribution < -0.4 is 9.47 Å². The van der Waals surface area contributed by atoms with E-state index >= 15 is 0 Å². The van der Waals surface area contributed by atoms with E-state index in [9.17, 15) is 4.79 Å². The summed E-state index contributed by atoms with van der Waals surface area (Å²) in [4.78, 5) is 12.4. The van der Waals surface area contributed by atoms with Crippen molar-refractivity contribution in [1.29, 1.82) is 0 Å². The van der Waals surface area contributed by atoms with Gasteiger partial charge in [-0.25, -0.2) is 0 Å². The summed E-state index contributed by atoms with van der Waals surface area (Å²) in [6.07, 6.45) is 5.63. The Bertz CT molecular complexity index is 830. The largest absolute Gasteiger partial charge is 0.497 e. The number of benzene rings is 2. The Labute approximate surface area is 148 Å². The van der Waals surface area contributed by atoms with Crippen molar-refractivity contribution in [3.63, 3.8) is 0 Å². The van der Waals surface area contributed by atoms with Crippen molar-refractivity contribution in [2.45, 2.75) is 13.8 Å². The van der Waals surface area contributed by atoms with Gasteiger partial charge in [-0.2, -0.15) is 0 Å². The topological polar surface area (TPSA) is 35.5 Å². The molecule has 0 radical (unpaired) electrons. The third-order valence-electron chi connectivity index (χ3n) is 4.12. The van der Waals surface area contributed by atoms with Crippen LogP contribution in [0.25, 0.3) is 5.57 Å². The summed E-state index contributed by atoms with van der Waals surface area (Å²) in [5.74, 6) is 1.54. The quantitative estimate of drug-likeness (QED) is 0.587. The van der Waals surface area contributed by atoms with Gasteiger partial charge in [0.25, 0.3) is 0 Å². The highest BCUT2D eigenvalue weighted by Gasteiger charge is 2.23. The first-order valence-electron chi connectivity index (χ1n) is 8.30. The second kappa shape index (κ2) is 6.98. The van der Waals surface area contributed by atoms with Crippen molar-refractivity contribution in [3.8, 4) is 11.5 Å². The summed E-state index contributed by atoms with van der Waals surface area (Å²) in [5.41, 5.74) is 2.43. The van der Waals surface area contributed by atoms with E-state index in [1.807, 2.05) is 54.6 Å². The number of fused-ring (bicyclic) bond motifs is 1. The van der Waals surface area contributed by atoms with E-state index in [4.69, 9.17) is 9.47 Å². The van der Waals surface area contributed by atoms with Gasteiger partial charge in [0, 0.05) is 16.5 Å². The minimum Gasteiger partial charge on any atom is -0.497 e. The standard InChI is InChI=1S/C22H22O3/c1-22(2)14-17(9-11-20(23)16-7-5-4-6-8-16)19-13-18(24-3)10-12-21(19)25-15-22/h4-14H,15H2,1-3H3/b11-9+. The molecule has 3 rings (SSSR count). The minimum atomic E-state index is -0.137. The zero-order chi connectivity index (χ0) is 17.9. The molecule has 0 bridgehead atoms. The fourth-order valence-electron chi connectivity index (χ4n) is 2.79. The van der Waals surface area contributed by atoms with Gasteiger partial charge in [-0.1, -0.05) is 56.3 Å². The van der Waals surface area contributed by atoms with Crippen molar-refractivity contribution in [1.82, 2.24) is 0 Å². The molecule has 128 valence electrons. The molecule has 1 aliphatic rings. The molecule has 3 heteroatoms. The number of carbonyl (C=O) groups excluding carboxylic acids is 1. The predicted octanol–water partition coefficient (Wildman–Crippen LogP) is 4.94. The molecule has 0 unspecified atom stereocenters. The van der Waals surface area contributed by atoms with Gasteiger partial charge in [-0.15, -0.1) is 0 Å². The number of allylic oxidation sites excluding steroid dienone is 3. The lowest BCUT2D eigenvalue weighted by molar-refractivity contribution is 0.104. The zero-order valence-electron chi connectivity index (χ0n) is 14.8. The summed E-state index contributed by atoms with van der Waals surface area (Å²) < 4.78 is 11.3. The van der Waals surface area contributed by atoms with Crippen LogP contribution in [0.5, 0.6) is 11.5 Å². The number of hydrogen-bond acceptors (Lipinski definition) is 3. The molecular weight excluding hydrogens is 312 g/mol. The maximum absolute atomic E-state index is 12.4. The van der Waals surface area contributed by atoms with E-state index < -0.39 is 0 Å². The molecule has 0 spiro atoms. The normalized spacial score (nSPS) is 15.7. The van der Waals surface area contributed by atoms with E-state index in [1.165, 1.54) is 0 Å². The van der Waals surface area contributed by atoms with Crippen LogP contribution in [0.3, 0.4) is 0 Å². The van der Waals surface area contributed by atoms with Crippen LogP contribution >= 0.6 is 0 Å². The lowest BCUT2D eigenvalue weighted by Crippen LogP contribution is -2.17. The lowest BCUT2D eigenvalue weighted by atomic mass is 9.90. The van der Waals surface area contributed by atoms with Gasteiger partial charge in [-0.05, 0) is 29.8 Å². The van der Waals surface area contributed by atoms with Crippen molar-refractivity contribution in [3.05, 3.63) is 77.9 Å². The van der Waals surface area contributed by atoms with Gasteiger partial charge < -0.3 is 9.47 Å². The fraction of sp³-hybridized carbons (Fsp3) is 0.227. The molecule has 2 aromatic rings. The van der Waals surface area contributed by atoms with Crippen molar-refractivity contribution >= 4 is 11.4 Å². The van der Waals surface area contributed by atoms with Crippen LogP contribution in [0.1, 0.15) is 29.8 Å². The molecule has 0 amide bonds. The first-order chi connectivity index (χ1) is 12.0. The summed E-state index contributed by atoms with van der Waals surface area (Å²) in [6, 6.07) is 15.0. The number of carbonyl (C=O) groups is 1. The Balaban J connectivity index is 1.99. The van der Waals surface area contributed by atoms with E-state index in [0.29, 0.717) is 12.2 Å². The smallest absolute Gasteiger partial charge is 0.185 e. The van der Waals surface area contributed by atoms with E-state index in [1.54, 1.807) is 13.2 Å². The van der Waals surface area contributed by atoms with Gasteiger partial charge in [0.05, 0.1) is 13.7 Å². The molecule has 1 aliphatic heterocycles. The molecule has 0 aromatic heterocycles. The summed E-state index contributed by atoms with van der Waals surface area (Å²) in [6.45, 7) is 4.81. The molecule has 1 heterocycles. The Morgan fingerprint density at radius 2 is 1.92 bits per heavy atom. The van der Waals surface area contributed by atoms with Crippen molar-refractivity contribution < 1.29 is 14.3 Å². The van der Waals surface area contributed by atoms with Crippen LogP contribution in [0.15, 0.2) is 66.8 Å². The summed E-state index contributed by atoms with van der Waals surface area (Å²) >= 11 is 0. The van der Waals surface area contributed by atoms with E-state index in [2.05, 4.69) is 19.9 Å². The highest BCUT2D eigenvalue weighted by Crippen LogP contribution is 2.37. The first kappa shape index (κ1) is 17.0. The Morgan fingerprint density at radius 1 is 1.16 bits per heavy atom. The molecule has 25 heavy (non-hydrogen) atoms. The Morgan fingerprint density at radius 3 is 2.64 bits per heavy atom. The van der Waals surface area contributed by atoms with Gasteiger partial charge in [-0.3, -0.25) is 4.79 Å². The molecule has 0 fully saturated rings. The molecule has 2 aromatic carbocycles. The van der Waals surface area contributed by atoms with E-state index in [0.717, 1.165) is 22.6 Å². The number of rotatable bonds is 4. The average molecular weight is 334 g/mol. The molecule has 3 nitrogen and oxygen atoms in total. The molecule has 0 aliphatic carbocycles. The first-order valence-corrected chi connectivity index (χ1v) is 8.30. The minimum absolute atomic E-state index is 0.0195. The second-order valence-electron chi connectivity index (χ2n) is 6.80. The number of hydrogen-bond donors (Lipinski definition) is 0. The van der Waals surface area contributed by atoms with Crippen molar-refractivity contribution in [2.24, 2.45) is 5.41 Å². The Hall–Kier alpha value is -2.81. The average Bonchev–Trinajstić information content (AvgIpc) is 2.76. The predicted molar refractivity (Wildman–Crippen MR) is 100 cm³/mol. The summed E-state index contributed by atoms with van der Waals surface area (Å²) in [7, 11) is 1.64. The molecule has 0 atom stereocenters. The van der Waals surface area contributed by atoms with Gasteiger partial charge >= 0.3 is 0 Å². The molecule has 0 saturated carbocycles. The maximum Gasteiger partial charge on any atom is 0.185 e. The third kappa shape index (κ3) is 4.00. The zero-order valence-corrected chi connectivity index (χ0v) is 14.8. The molecule has 0 saturated heterocycles. The highest BCUT2D eigenvalue weighted by molar-refractivity contribution is 6.05. The molecular formula is C22H22O3. The van der Waals surface area contributed by atoms with Crippen LogP contribution in [0.4, 0.5) is 0 Å². The van der Waals surface area contributed by atoms with Gasteiger partial charge in [0.15, 0.2) is 5.78 Å².